The predicted octanol–water partition coefficient (Wildman–Crippen LogP) is 3.73. The largest absolute Gasteiger partial charge is 0.296 e. The molecule has 98 valence electrons. The van der Waals surface area contributed by atoms with Crippen LogP contribution in [0.25, 0.3) is 11.3 Å². The third-order valence-electron chi connectivity index (χ3n) is 3.99. The Balaban J connectivity index is 1.72. The molecule has 1 aliphatic rings. The molecule has 0 amide bonds. The summed E-state index contributed by atoms with van der Waals surface area (Å²) in [4.78, 5) is 6.95. The van der Waals surface area contributed by atoms with Gasteiger partial charge in [0.2, 0.25) is 0 Å². The highest BCUT2D eigenvalue weighted by Gasteiger charge is 2.19. The second-order valence-corrected chi connectivity index (χ2v) is 5.37. The van der Waals surface area contributed by atoms with Crippen LogP contribution in [0.4, 0.5) is 0 Å². The van der Waals surface area contributed by atoms with E-state index < -0.39 is 0 Å². The summed E-state index contributed by atoms with van der Waals surface area (Å²) >= 11 is 0. The minimum Gasteiger partial charge on any atom is -0.296 e. The Hall–Kier alpha value is -1.67. The summed E-state index contributed by atoms with van der Waals surface area (Å²) in [5.41, 5.74) is 3.64. The molecule has 1 unspecified atom stereocenters. The fraction of sp³-hybridized carbons (Fsp3) is 0.353. The minimum absolute atomic E-state index is 0.732. The smallest absolute Gasteiger partial charge is 0.0701 e. The number of rotatable bonds is 3. The molecule has 2 heteroatoms. The van der Waals surface area contributed by atoms with Crippen LogP contribution in [-0.4, -0.2) is 22.5 Å². The first kappa shape index (κ1) is 12.4. The van der Waals surface area contributed by atoms with Crippen molar-refractivity contribution in [2.75, 3.05) is 6.54 Å². The summed E-state index contributed by atoms with van der Waals surface area (Å²) in [6, 6.07) is 15.6. The summed E-state index contributed by atoms with van der Waals surface area (Å²) in [6.45, 7) is 4.64. The van der Waals surface area contributed by atoms with E-state index in [9.17, 15) is 0 Å². The molecule has 1 atom stereocenters. The van der Waals surface area contributed by atoms with Gasteiger partial charge in [0.25, 0.3) is 0 Å². The number of nitrogens with zero attached hydrogens (tertiary/aromatic N) is 2. The fourth-order valence-electron chi connectivity index (χ4n) is 2.78. The fourth-order valence-corrected chi connectivity index (χ4v) is 2.78. The van der Waals surface area contributed by atoms with Gasteiger partial charge >= 0.3 is 0 Å². The summed E-state index contributed by atoms with van der Waals surface area (Å²) in [6.07, 6.45) is 4.52. The van der Waals surface area contributed by atoms with Crippen LogP contribution in [0.3, 0.4) is 0 Å². The Bertz CT molecular complexity index is 519. The molecule has 0 bridgehead atoms. The molecule has 0 radical (unpaired) electrons. The van der Waals surface area contributed by atoms with Crippen molar-refractivity contribution in [1.82, 2.24) is 9.88 Å². The van der Waals surface area contributed by atoms with Crippen LogP contribution in [0.5, 0.6) is 0 Å². The molecule has 1 aromatic carbocycles. The van der Waals surface area contributed by atoms with E-state index in [-0.39, 0.29) is 0 Å². The van der Waals surface area contributed by atoms with E-state index >= 15 is 0 Å². The number of aromatic nitrogens is 1. The van der Waals surface area contributed by atoms with Gasteiger partial charge in [-0.25, -0.2) is 0 Å². The average Bonchev–Trinajstić information content (AvgIpc) is 2.86. The van der Waals surface area contributed by atoms with E-state index in [1.165, 1.54) is 30.5 Å². The third kappa shape index (κ3) is 2.85. The van der Waals surface area contributed by atoms with Crippen LogP contribution in [0.1, 0.15) is 25.3 Å². The summed E-state index contributed by atoms with van der Waals surface area (Å²) < 4.78 is 0. The zero-order chi connectivity index (χ0) is 13.1. The topological polar surface area (TPSA) is 16.1 Å². The molecule has 0 N–H and O–H groups in total. The molecule has 2 nitrogen and oxygen atoms in total. The van der Waals surface area contributed by atoms with Crippen molar-refractivity contribution in [3.63, 3.8) is 0 Å². The monoisotopic (exact) mass is 252 g/mol. The highest BCUT2D eigenvalue weighted by molar-refractivity contribution is 5.58. The maximum atomic E-state index is 4.38. The first-order chi connectivity index (χ1) is 9.33. The van der Waals surface area contributed by atoms with Crippen molar-refractivity contribution in [2.45, 2.75) is 32.4 Å². The average molecular weight is 252 g/mol. The molecule has 3 rings (SSSR count). The number of pyridine rings is 1. The maximum Gasteiger partial charge on any atom is 0.0701 e. The van der Waals surface area contributed by atoms with Crippen LogP contribution in [0, 0.1) is 0 Å². The van der Waals surface area contributed by atoms with E-state index in [1.54, 1.807) is 0 Å². The van der Waals surface area contributed by atoms with Crippen LogP contribution in [0.2, 0.25) is 0 Å². The van der Waals surface area contributed by atoms with Gasteiger partial charge in [-0.05, 0) is 44.0 Å². The zero-order valence-electron chi connectivity index (χ0n) is 11.4. The molecule has 2 aromatic rings. The third-order valence-corrected chi connectivity index (χ3v) is 3.99. The van der Waals surface area contributed by atoms with Crippen LogP contribution < -0.4 is 0 Å². The summed E-state index contributed by atoms with van der Waals surface area (Å²) in [5, 5.41) is 0. The lowest BCUT2D eigenvalue weighted by Gasteiger charge is -2.20. The molecule has 19 heavy (non-hydrogen) atoms. The molecular formula is C17H20N2. The lowest BCUT2D eigenvalue weighted by atomic mass is 10.1. The predicted molar refractivity (Wildman–Crippen MR) is 78.8 cm³/mol. The first-order valence-electron chi connectivity index (χ1n) is 7.07. The Kier molecular flexibility index (Phi) is 3.60. The number of likely N-dealkylation sites (tertiary alicyclic amines) is 1. The number of benzene rings is 1. The standard InChI is InChI=1S/C17H20N2/c1-14-5-4-12-19(14)13-15-7-9-16(10-8-15)17-6-2-3-11-18-17/h2-3,6-11,14H,4-5,12-13H2,1H3. The normalized spacial score (nSPS) is 19.7. The Labute approximate surface area is 115 Å². The van der Waals surface area contributed by atoms with Gasteiger partial charge in [0.1, 0.15) is 0 Å². The van der Waals surface area contributed by atoms with Crippen molar-refractivity contribution in [3.8, 4) is 11.3 Å². The van der Waals surface area contributed by atoms with E-state index in [0.717, 1.165) is 18.3 Å². The van der Waals surface area contributed by atoms with E-state index in [0.29, 0.717) is 0 Å². The maximum absolute atomic E-state index is 4.38. The molecule has 0 saturated carbocycles. The molecule has 1 fully saturated rings. The first-order valence-corrected chi connectivity index (χ1v) is 7.07. The van der Waals surface area contributed by atoms with Gasteiger partial charge in [-0.3, -0.25) is 9.88 Å². The second-order valence-electron chi connectivity index (χ2n) is 5.37. The van der Waals surface area contributed by atoms with Crippen molar-refractivity contribution in [3.05, 3.63) is 54.2 Å². The van der Waals surface area contributed by atoms with E-state index in [1.807, 2.05) is 18.3 Å². The van der Waals surface area contributed by atoms with Gasteiger partial charge in [0.05, 0.1) is 5.69 Å². The van der Waals surface area contributed by atoms with Crippen molar-refractivity contribution in [1.29, 1.82) is 0 Å². The molecule has 0 spiro atoms. The van der Waals surface area contributed by atoms with Crippen LogP contribution in [0.15, 0.2) is 48.7 Å². The van der Waals surface area contributed by atoms with Crippen molar-refractivity contribution in [2.24, 2.45) is 0 Å². The Morgan fingerprint density at radius 3 is 2.63 bits per heavy atom. The highest BCUT2D eigenvalue weighted by atomic mass is 15.2. The van der Waals surface area contributed by atoms with Crippen LogP contribution in [-0.2, 0) is 6.54 Å². The van der Waals surface area contributed by atoms with Gasteiger partial charge in [0.15, 0.2) is 0 Å². The number of hydrogen-bond donors (Lipinski definition) is 0. The van der Waals surface area contributed by atoms with E-state index in [4.69, 9.17) is 0 Å². The molecular weight excluding hydrogens is 232 g/mol. The van der Waals surface area contributed by atoms with Gasteiger partial charge in [-0.15, -0.1) is 0 Å². The summed E-state index contributed by atoms with van der Waals surface area (Å²) in [5.74, 6) is 0. The minimum atomic E-state index is 0.732. The highest BCUT2D eigenvalue weighted by Crippen LogP contribution is 2.21. The molecule has 0 aliphatic carbocycles. The summed E-state index contributed by atoms with van der Waals surface area (Å²) in [7, 11) is 0. The Morgan fingerprint density at radius 1 is 1.16 bits per heavy atom. The van der Waals surface area contributed by atoms with Gasteiger partial charge < -0.3 is 0 Å². The lowest BCUT2D eigenvalue weighted by Crippen LogP contribution is -2.26. The molecule has 1 aromatic heterocycles. The second kappa shape index (κ2) is 5.54. The van der Waals surface area contributed by atoms with Gasteiger partial charge in [0, 0.05) is 24.3 Å². The SMILES string of the molecule is CC1CCCN1Cc1ccc(-c2ccccn2)cc1. The quantitative estimate of drug-likeness (QED) is 0.827. The number of hydrogen-bond acceptors (Lipinski definition) is 2. The molecule has 2 heterocycles. The van der Waals surface area contributed by atoms with Crippen molar-refractivity contribution >= 4 is 0 Å². The zero-order valence-corrected chi connectivity index (χ0v) is 11.4. The molecule has 1 saturated heterocycles. The molecule has 1 aliphatic heterocycles. The van der Waals surface area contributed by atoms with Crippen molar-refractivity contribution < 1.29 is 0 Å². The van der Waals surface area contributed by atoms with Crippen LogP contribution >= 0.6 is 0 Å². The van der Waals surface area contributed by atoms with Gasteiger partial charge in [-0.1, -0.05) is 30.3 Å². The Morgan fingerprint density at radius 2 is 2.00 bits per heavy atom. The van der Waals surface area contributed by atoms with E-state index in [2.05, 4.69) is 47.1 Å². The lowest BCUT2D eigenvalue weighted by molar-refractivity contribution is 0.260. The van der Waals surface area contributed by atoms with Gasteiger partial charge in [-0.2, -0.15) is 0 Å².